The minimum atomic E-state index is 0.0584. The number of ether oxygens (including phenoxy) is 2. The number of hydrogen-bond donors (Lipinski definition) is 1. The van der Waals surface area contributed by atoms with Crippen molar-refractivity contribution in [1.29, 1.82) is 0 Å². The molecule has 0 amide bonds. The van der Waals surface area contributed by atoms with Crippen molar-refractivity contribution in [3.63, 3.8) is 0 Å². The smallest absolute Gasteiger partial charge is 0.0807 e. The van der Waals surface area contributed by atoms with Crippen molar-refractivity contribution in [2.24, 2.45) is 11.8 Å². The molecule has 0 aromatic carbocycles. The average molecular weight is 285 g/mol. The SMILES string of the molecule is CCNCC1(OCCOCC(C)C)CCC(CC)CC1. The van der Waals surface area contributed by atoms with Crippen molar-refractivity contribution in [3.8, 4) is 0 Å². The molecule has 0 bridgehead atoms. The fraction of sp³-hybridized carbons (Fsp3) is 1.00. The van der Waals surface area contributed by atoms with Gasteiger partial charge in [-0.2, -0.15) is 0 Å². The van der Waals surface area contributed by atoms with E-state index in [-0.39, 0.29) is 5.60 Å². The molecule has 0 atom stereocenters. The monoisotopic (exact) mass is 285 g/mol. The van der Waals surface area contributed by atoms with E-state index in [1.165, 1.54) is 32.1 Å². The van der Waals surface area contributed by atoms with Crippen LogP contribution in [0.1, 0.15) is 59.8 Å². The van der Waals surface area contributed by atoms with Crippen molar-refractivity contribution in [2.75, 3.05) is 32.9 Å². The Labute approximate surface area is 125 Å². The lowest BCUT2D eigenvalue weighted by Crippen LogP contribution is -2.46. The highest BCUT2D eigenvalue weighted by Gasteiger charge is 2.35. The zero-order valence-corrected chi connectivity index (χ0v) is 14.0. The van der Waals surface area contributed by atoms with Crippen molar-refractivity contribution in [3.05, 3.63) is 0 Å². The highest BCUT2D eigenvalue weighted by Crippen LogP contribution is 2.35. The van der Waals surface area contributed by atoms with E-state index in [4.69, 9.17) is 9.47 Å². The third-order valence-corrected chi connectivity index (χ3v) is 4.38. The van der Waals surface area contributed by atoms with Crippen molar-refractivity contribution < 1.29 is 9.47 Å². The summed E-state index contributed by atoms with van der Waals surface area (Å²) < 4.78 is 11.9. The Bertz CT molecular complexity index is 235. The topological polar surface area (TPSA) is 30.5 Å². The number of likely N-dealkylation sites (N-methyl/N-ethyl adjacent to an activating group) is 1. The largest absolute Gasteiger partial charge is 0.379 e. The Morgan fingerprint density at radius 2 is 1.85 bits per heavy atom. The van der Waals surface area contributed by atoms with Crippen LogP contribution in [0, 0.1) is 11.8 Å². The molecule has 0 aromatic rings. The van der Waals surface area contributed by atoms with Gasteiger partial charge >= 0.3 is 0 Å². The van der Waals surface area contributed by atoms with Crippen LogP contribution in [0.2, 0.25) is 0 Å². The summed E-state index contributed by atoms with van der Waals surface area (Å²) in [7, 11) is 0. The van der Waals surface area contributed by atoms with Crippen LogP contribution in [0.25, 0.3) is 0 Å². The maximum absolute atomic E-state index is 6.26. The molecule has 1 aliphatic rings. The van der Waals surface area contributed by atoms with E-state index < -0.39 is 0 Å². The quantitative estimate of drug-likeness (QED) is 0.622. The van der Waals surface area contributed by atoms with Gasteiger partial charge in [0.1, 0.15) is 0 Å². The minimum absolute atomic E-state index is 0.0584. The zero-order valence-electron chi connectivity index (χ0n) is 14.0. The Morgan fingerprint density at radius 3 is 2.40 bits per heavy atom. The van der Waals surface area contributed by atoms with Crippen LogP contribution < -0.4 is 5.32 Å². The van der Waals surface area contributed by atoms with Gasteiger partial charge in [-0.3, -0.25) is 0 Å². The van der Waals surface area contributed by atoms with Gasteiger partial charge in [-0.05, 0) is 44.1 Å². The Kier molecular flexibility index (Phi) is 8.74. The first-order chi connectivity index (χ1) is 9.62. The molecule has 0 aliphatic heterocycles. The lowest BCUT2D eigenvalue weighted by atomic mass is 9.77. The fourth-order valence-electron chi connectivity index (χ4n) is 2.97. The summed E-state index contributed by atoms with van der Waals surface area (Å²) in [5.74, 6) is 1.51. The van der Waals surface area contributed by atoms with Crippen molar-refractivity contribution in [2.45, 2.75) is 65.4 Å². The standard InChI is InChI=1S/C17H35NO2/c1-5-16-7-9-17(10-8-16,14-18-6-2)20-12-11-19-13-15(3)4/h15-16,18H,5-14H2,1-4H3. The second-order valence-corrected chi connectivity index (χ2v) is 6.63. The zero-order chi connectivity index (χ0) is 14.8. The molecule has 0 radical (unpaired) electrons. The molecular formula is C17H35NO2. The molecule has 1 rings (SSSR count). The molecule has 1 saturated carbocycles. The molecule has 1 fully saturated rings. The van der Waals surface area contributed by atoms with Crippen LogP contribution in [-0.4, -0.2) is 38.5 Å². The molecule has 0 aromatic heterocycles. The van der Waals surface area contributed by atoms with Gasteiger partial charge in [0.05, 0.1) is 18.8 Å². The maximum Gasteiger partial charge on any atom is 0.0807 e. The van der Waals surface area contributed by atoms with Crippen molar-refractivity contribution in [1.82, 2.24) is 5.32 Å². The van der Waals surface area contributed by atoms with Gasteiger partial charge in [-0.15, -0.1) is 0 Å². The predicted molar refractivity (Wildman–Crippen MR) is 85.1 cm³/mol. The molecule has 20 heavy (non-hydrogen) atoms. The van der Waals surface area contributed by atoms with E-state index in [1.54, 1.807) is 0 Å². The van der Waals surface area contributed by atoms with Crippen LogP contribution >= 0.6 is 0 Å². The lowest BCUT2D eigenvalue weighted by Gasteiger charge is -2.40. The molecule has 0 heterocycles. The van der Waals surface area contributed by atoms with E-state index in [0.29, 0.717) is 5.92 Å². The molecule has 0 saturated heterocycles. The number of nitrogens with one attached hydrogen (secondary N) is 1. The Balaban J connectivity index is 2.32. The first-order valence-corrected chi connectivity index (χ1v) is 8.54. The van der Waals surface area contributed by atoms with Crippen LogP contribution in [0.3, 0.4) is 0 Å². The summed E-state index contributed by atoms with van der Waals surface area (Å²) in [6.45, 7) is 13.1. The van der Waals surface area contributed by atoms with Gasteiger partial charge in [0.2, 0.25) is 0 Å². The molecule has 120 valence electrons. The van der Waals surface area contributed by atoms with Gasteiger partial charge in [0.25, 0.3) is 0 Å². The summed E-state index contributed by atoms with van der Waals surface area (Å²) in [5, 5.41) is 3.48. The molecule has 0 spiro atoms. The maximum atomic E-state index is 6.26. The van der Waals surface area contributed by atoms with Gasteiger partial charge < -0.3 is 14.8 Å². The summed E-state index contributed by atoms with van der Waals surface area (Å²) in [6, 6.07) is 0. The number of hydrogen-bond acceptors (Lipinski definition) is 3. The van der Waals surface area contributed by atoms with Crippen molar-refractivity contribution >= 4 is 0 Å². The number of rotatable bonds is 10. The van der Waals surface area contributed by atoms with Crippen LogP contribution in [0.5, 0.6) is 0 Å². The first kappa shape index (κ1) is 17.9. The van der Waals surface area contributed by atoms with Crippen LogP contribution in [-0.2, 0) is 9.47 Å². The molecular weight excluding hydrogens is 250 g/mol. The van der Waals surface area contributed by atoms with E-state index >= 15 is 0 Å². The van der Waals surface area contributed by atoms with E-state index in [2.05, 4.69) is 33.0 Å². The minimum Gasteiger partial charge on any atom is -0.379 e. The van der Waals surface area contributed by atoms with Gasteiger partial charge in [-0.1, -0.05) is 34.1 Å². The van der Waals surface area contributed by atoms with E-state index in [1.807, 2.05) is 0 Å². The lowest BCUT2D eigenvalue weighted by molar-refractivity contribution is -0.0938. The predicted octanol–water partition coefficient (Wildman–Crippen LogP) is 3.62. The molecule has 3 heteroatoms. The Hall–Kier alpha value is -0.120. The van der Waals surface area contributed by atoms with Crippen LogP contribution in [0.15, 0.2) is 0 Å². The Morgan fingerprint density at radius 1 is 1.15 bits per heavy atom. The molecule has 1 N–H and O–H groups in total. The third kappa shape index (κ3) is 6.55. The van der Waals surface area contributed by atoms with Gasteiger partial charge in [-0.25, -0.2) is 0 Å². The molecule has 0 unspecified atom stereocenters. The van der Waals surface area contributed by atoms with E-state index in [0.717, 1.165) is 38.8 Å². The summed E-state index contributed by atoms with van der Waals surface area (Å²) in [4.78, 5) is 0. The molecule has 1 aliphatic carbocycles. The summed E-state index contributed by atoms with van der Waals surface area (Å²) in [5.41, 5.74) is 0.0584. The fourth-order valence-corrected chi connectivity index (χ4v) is 2.97. The second kappa shape index (κ2) is 9.75. The highest BCUT2D eigenvalue weighted by molar-refractivity contribution is 4.89. The van der Waals surface area contributed by atoms with Gasteiger partial charge in [0.15, 0.2) is 0 Å². The first-order valence-electron chi connectivity index (χ1n) is 8.54. The summed E-state index contributed by atoms with van der Waals surface area (Å²) >= 11 is 0. The average Bonchev–Trinajstić information content (AvgIpc) is 2.45. The van der Waals surface area contributed by atoms with E-state index in [9.17, 15) is 0 Å². The van der Waals surface area contributed by atoms with Gasteiger partial charge in [0, 0.05) is 13.2 Å². The summed E-state index contributed by atoms with van der Waals surface area (Å²) in [6.07, 6.45) is 6.34. The van der Waals surface area contributed by atoms with Crippen LogP contribution in [0.4, 0.5) is 0 Å². The third-order valence-electron chi connectivity index (χ3n) is 4.38. The normalized spacial score (nSPS) is 27.1. The second-order valence-electron chi connectivity index (χ2n) is 6.63. The highest BCUT2D eigenvalue weighted by atomic mass is 16.5. The molecule has 3 nitrogen and oxygen atoms in total.